The van der Waals surface area contributed by atoms with Crippen LogP contribution in [0.3, 0.4) is 0 Å². The topological polar surface area (TPSA) is 44.9 Å². The number of hydrogen-bond acceptors (Lipinski definition) is 1. The lowest BCUT2D eigenvalue weighted by Gasteiger charge is -2.06. The minimum Gasteiger partial charge on any atom is -0.350 e. The summed E-state index contributed by atoms with van der Waals surface area (Å²) in [6.07, 6.45) is 0. The molecule has 1 heterocycles. The maximum atomic E-state index is 13.5. The summed E-state index contributed by atoms with van der Waals surface area (Å²) in [7, 11) is 0. The second-order valence-electron chi connectivity index (χ2n) is 5.09. The van der Waals surface area contributed by atoms with E-state index in [0.717, 1.165) is 0 Å². The van der Waals surface area contributed by atoms with Crippen LogP contribution in [0.5, 0.6) is 0 Å². The Morgan fingerprint density at radius 1 is 1.18 bits per heavy atom. The van der Waals surface area contributed by atoms with Gasteiger partial charge in [-0.05, 0) is 36.8 Å². The van der Waals surface area contributed by atoms with Crippen LogP contribution in [0.4, 0.5) is 8.78 Å². The van der Waals surface area contributed by atoms with Crippen molar-refractivity contribution in [2.24, 2.45) is 0 Å². The van der Waals surface area contributed by atoms with Gasteiger partial charge in [-0.15, -0.1) is 0 Å². The molecule has 0 bridgehead atoms. The number of amides is 1. The zero-order valence-electron chi connectivity index (χ0n) is 11.9. The molecule has 0 aliphatic carbocycles. The van der Waals surface area contributed by atoms with E-state index in [1.165, 1.54) is 18.2 Å². The van der Waals surface area contributed by atoms with Gasteiger partial charge in [0.15, 0.2) is 0 Å². The molecule has 1 aromatic heterocycles. The summed E-state index contributed by atoms with van der Waals surface area (Å²) >= 11 is 0. The maximum absolute atomic E-state index is 13.5. The Morgan fingerprint density at radius 2 is 1.95 bits per heavy atom. The molecule has 0 saturated carbocycles. The molecule has 112 valence electrons. The number of hydrogen-bond donors (Lipinski definition) is 2. The average Bonchev–Trinajstić information content (AvgIpc) is 2.83. The molecule has 0 atom stereocenters. The van der Waals surface area contributed by atoms with Crippen molar-refractivity contribution in [3.8, 4) is 0 Å². The zero-order valence-corrected chi connectivity index (χ0v) is 11.9. The first-order valence-electron chi connectivity index (χ1n) is 6.85. The molecule has 0 fully saturated rings. The van der Waals surface area contributed by atoms with Crippen molar-refractivity contribution in [3.05, 3.63) is 70.9 Å². The van der Waals surface area contributed by atoms with E-state index in [4.69, 9.17) is 0 Å². The van der Waals surface area contributed by atoms with Crippen LogP contribution in [0.1, 0.15) is 21.6 Å². The first-order chi connectivity index (χ1) is 10.6. The number of fused-ring (bicyclic) bond motifs is 1. The molecule has 2 aromatic carbocycles. The van der Waals surface area contributed by atoms with Crippen molar-refractivity contribution in [1.29, 1.82) is 0 Å². The first kappa shape index (κ1) is 14.3. The van der Waals surface area contributed by atoms with E-state index in [9.17, 15) is 13.6 Å². The van der Waals surface area contributed by atoms with Gasteiger partial charge in [0.2, 0.25) is 0 Å². The molecular formula is C17H14F2N2O. The second-order valence-corrected chi connectivity index (χ2v) is 5.09. The molecule has 1 amide bonds. The third-order valence-electron chi connectivity index (χ3n) is 3.64. The lowest BCUT2D eigenvalue weighted by Crippen LogP contribution is -2.24. The average molecular weight is 300 g/mol. The smallest absolute Gasteiger partial charge is 0.268 e. The van der Waals surface area contributed by atoms with Gasteiger partial charge in [-0.2, -0.15) is 0 Å². The molecule has 0 aliphatic heterocycles. The van der Waals surface area contributed by atoms with Gasteiger partial charge >= 0.3 is 0 Å². The molecule has 5 heteroatoms. The van der Waals surface area contributed by atoms with Crippen molar-refractivity contribution < 1.29 is 13.6 Å². The van der Waals surface area contributed by atoms with E-state index in [-0.39, 0.29) is 24.1 Å². The maximum Gasteiger partial charge on any atom is 0.268 e. The van der Waals surface area contributed by atoms with Gasteiger partial charge in [-0.25, -0.2) is 8.78 Å². The number of aromatic amines is 1. The van der Waals surface area contributed by atoms with Crippen LogP contribution in [-0.2, 0) is 6.54 Å². The Labute approximate surface area is 126 Å². The first-order valence-corrected chi connectivity index (χ1v) is 6.85. The molecule has 0 unspecified atom stereocenters. The highest BCUT2D eigenvalue weighted by Gasteiger charge is 2.15. The van der Waals surface area contributed by atoms with Crippen molar-refractivity contribution in [2.75, 3.05) is 0 Å². The molecule has 0 radical (unpaired) electrons. The predicted molar refractivity (Wildman–Crippen MR) is 80.6 cm³/mol. The largest absolute Gasteiger partial charge is 0.350 e. The fraction of sp³-hybridized carbons (Fsp3) is 0.118. The van der Waals surface area contributed by atoms with Crippen molar-refractivity contribution in [3.63, 3.8) is 0 Å². The Hall–Kier alpha value is -2.69. The van der Waals surface area contributed by atoms with Crippen molar-refractivity contribution in [2.45, 2.75) is 13.5 Å². The van der Waals surface area contributed by atoms with Crippen LogP contribution in [-0.4, -0.2) is 10.9 Å². The number of nitrogens with one attached hydrogen (secondary N) is 2. The summed E-state index contributed by atoms with van der Waals surface area (Å²) in [6, 6.07) is 10.6. The lowest BCUT2D eigenvalue weighted by atomic mass is 10.1. The second kappa shape index (κ2) is 5.60. The third kappa shape index (κ3) is 2.57. The summed E-state index contributed by atoms with van der Waals surface area (Å²) in [4.78, 5) is 15.2. The van der Waals surface area contributed by atoms with Crippen LogP contribution in [0.15, 0.2) is 42.5 Å². The highest BCUT2D eigenvalue weighted by molar-refractivity contribution is 6.00. The highest BCUT2D eigenvalue weighted by Crippen LogP contribution is 2.22. The van der Waals surface area contributed by atoms with Crippen molar-refractivity contribution >= 4 is 16.8 Å². The number of halogens is 2. The van der Waals surface area contributed by atoms with Gasteiger partial charge in [0.25, 0.3) is 5.91 Å². The molecule has 0 aliphatic rings. The number of aryl methyl sites for hydroxylation is 1. The zero-order chi connectivity index (χ0) is 15.7. The van der Waals surface area contributed by atoms with Crippen LogP contribution in [0, 0.1) is 18.6 Å². The SMILES string of the molecule is Cc1c(C(=O)NCc2ccccc2F)[nH]c2ccc(F)cc12. The van der Waals surface area contributed by atoms with Crippen LogP contribution in [0.2, 0.25) is 0 Å². The van der Waals surface area contributed by atoms with Crippen LogP contribution in [0.25, 0.3) is 10.9 Å². The molecule has 2 N–H and O–H groups in total. The standard InChI is InChI=1S/C17H14F2N2O/c1-10-13-8-12(18)6-7-15(13)21-16(10)17(22)20-9-11-4-2-3-5-14(11)19/h2-8,21H,9H2,1H3,(H,20,22). The van der Waals surface area contributed by atoms with Crippen molar-refractivity contribution in [1.82, 2.24) is 10.3 Å². The van der Waals surface area contributed by atoms with E-state index in [1.54, 1.807) is 31.2 Å². The summed E-state index contributed by atoms with van der Waals surface area (Å²) < 4.78 is 26.8. The van der Waals surface area contributed by atoms with Gasteiger partial charge in [0.1, 0.15) is 17.3 Å². The highest BCUT2D eigenvalue weighted by atomic mass is 19.1. The van der Waals surface area contributed by atoms with Crippen LogP contribution >= 0.6 is 0 Å². The number of H-pyrrole nitrogens is 1. The minimum atomic E-state index is -0.363. The van der Waals surface area contributed by atoms with Gasteiger partial charge in [0, 0.05) is 23.0 Å². The number of rotatable bonds is 3. The number of carbonyl (C=O) groups is 1. The molecule has 0 saturated heterocycles. The minimum absolute atomic E-state index is 0.0919. The number of carbonyl (C=O) groups excluding carboxylic acids is 1. The van der Waals surface area contributed by atoms with E-state index >= 15 is 0 Å². The fourth-order valence-corrected chi connectivity index (χ4v) is 2.43. The van der Waals surface area contributed by atoms with E-state index in [2.05, 4.69) is 10.3 Å². The normalized spacial score (nSPS) is 10.9. The summed E-state index contributed by atoms with van der Waals surface area (Å²) in [6.45, 7) is 1.84. The Kier molecular flexibility index (Phi) is 3.63. The number of aromatic nitrogens is 1. The Balaban J connectivity index is 1.83. The fourth-order valence-electron chi connectivity index (χ4n) is 2.43. The summed E-state index contributed by atoms with van der Waals surface area (Å²) in [5, 5.41) is 3.33. The van der Waals surface area contributed by atoms with Gasteiger partial charge in [-0.1, -0.05) is 18.2 Å². The van der Waals surface area contributed by atoms with Gasteiger partial charge in [0.05, 0.1) is 0 Å². The Bertz CT molecular complexity index is 855. The monoisotopic (exact) mass is 300 g/mol. The molecule has 3 nitrogen and oxygen atoms in total. The lowest BCUT2D eigenvalue weighted by molar-refractivity contribution is 0.0946. The van der Waals surface area contributed by atoms with E-state index < -0.39 is 0 Å². The molecule has 22 heavy (non-hydrogen) atoms. The predicted octanol–water partition coefficient (Wildman–Crippen LogP) is 3.68. The quantitative estimate of drug-likeness (QED) is 0.761. The third-order valence-corrected chi connectivity index (χ3v) is 3.64. The molecule has 0 spiro atoms. The van der Waals surface area contributed by atoms with E-state index in [0.29, 0.717) is 27.7 Å². The number of benzene rings is 2. The summed E-state index contributed by atoms with van der Waals surface area (Å²) in [5.74, 6) is -1.07. The molecule has 3 aromatic rings. The molecule has 3 rings (SSSR count). The Morgan fingerprint density at radius 3 is 2.73 bits per heavy atom. The van der Waals surface area contributed by atoms with Gasteiger partial charge < -0.3 is 10.3 Å². The molecular weight excluding hydrogens is 286 g/mol. The van der Waals surface area contributed by atoms with E-state index in [1.807, 2.05) is 0 Å². The van der Waals surface area contributed by atoms with Gasteiger partial charge in [-0.3, -0.25) is 4.79 Å². The van der Waals surface area contributed by atoms with Crippen LogP contribution < -0.4 is 5.32 Å². The summed E-state index contributed by atoms with van der Waals surface area (Å²) in [5.41, 5.74) is 2.13.